The van der Waals surface area contributed by atoms with E-state index in [1.54, 1.807) is 0 Å². The van der Waals surface area contributed by atoms with Crippen molar-refractivity contribution in [3.8, 4) is 0 Å². The molecule has 6 heteroatoms. The number of amides is 1. The third kappa shape index (κ3) is 3.80. The van der Waals surface area contributed by atoms with Crippen molar-refractivity contribution in [1.82, 2.24) is 20.3 Å². The average Bonchev–Trinajstić information content (AvgIpc) is 2.65. The number of nitrogens with zero attached hydrogens (tertiary/aromatic N) is 3. The predicted molar refractivity (Wildman–Crippen MR) is 57.9 cm³/mol. The molecule has 1 amide bonds. The third-order valence-corrected chi connectivity index (χ3v) is 2.11. The Labute approximate surface area is 94.0 Å². The molecule has 88 valence electrons. The molecule has 0 aliphatic carbocycles. The SMILES string of the molecule is CCCC(C)NC(=O)Cn1cc(C=O)nn1. The van der Waals surface area contributed by atoms with E-state index in [1.807, 2.05) is 6.92 Å². The van der Waals surface area contributed by atoms with E-state index >= 15 is 0 Å². The zero-order valence-corrected chi connectivity index (χ0v) is 9.51. The van der Waals surface area contributed by atoms with Crippen molar-refractivity contribution in [3.63, 3.8) is 0 Å². The first-order valence-corrected chi connectivity index (χ1v) is 5.30. The van der Waals surface area contributed by atoms with Crippen LogP contribution in [-0.4, -0.2) is 33.2 Å². The molecule has 0 saturated heterocycles. The molecule has 0 aliphatic rings. The van der Waals surface area contributed by atoms with Gasteiger partial charge in [0.2, 0.25) is 5.91 Å². The lowest BCUT2D eigenvalue weighted by Gasteiger charge is -2.12. The van der Waals surface area contributed by atoms with Gasteiger partial charge in [0.15, 0.2) is 6.29 Å². The molecule has 1 unspecified atom stereocenters. The van der Waals surface area contributed by atoms with Crippen LogP contribution in [0.5, 0.6) is 0 Å². The van der Waals surface area contributed by atoms with Crippen molar-refractivity contribution in [2.75, 3.05) is 0 Å². The number of carbonyl (C=O) groups is 2. The second-order valence-corrected chi connectivity index (χ2v) is 3.72. The molecular formula is C10H16N4O2. The summed E-state index contributed by atoms with van der Waals surface area (Å²) in [7, 11) is 0. The van der Waals surface area contributed by atoms with Crippen LogP contribution in [0, 0.1) is 0 Å². The first kappa shape index (κ1) is 12.4. The Hall–Kier alpha value is -1.72. The first-order valence-electron chi connectivity index (χ1n) is 5.30. The Morgan fingerprint density at radius 1 is 1.69 bits per heavy atom. The molecule has 1 heterocycles. The minimum absolute atomic E-state index is 0.0922. The van der Waals surface area contributed by atoms with Crippen LogP contribution < -0.4 is 5.32 Å². The van der Waals surface area contributed by atoms with E-state index in [-0.39, 0.29) is 24.2 Å². The minimum Gasteiger partial charge on any atom is -0.352 e. The highest BCUT2D eigenvalue weighted by Gasteiger charge is 2.08. The standard InChI is InChI=1S/C10H16N4O2/c1-3-4-8(2)11-10(16)6-14-5-9(7-15)12-13-14/h5,7-8H,3-4,6H2,1-2H3,(H,11,16). The summed E-state index contributed by atoms with van der Waals surface area (Å²) in [5.41, 5.74) is 0.231. The maximum atomic E-state index is 11.5. The van der Waals surface area contributed by atoms with Gasteiger partial charge in [-0.05, 0) is 13.3 Å². The molecule has 1 N–H and O–H groups in total. The van der Waals surface area contributed by atoms with E-state index in [4.69, 9.17) is 0 Å². The molecule has 16 heavy (non-hydrogen) atoms. The molecule has 1 aromatic rings. The Morgan fingerprint density at radius 3 is 3.00 bits per heavy atom. The van der Waals surface area contributed by atoms with Crippen molar-refractivity contribution in [1.29, 1.82) is 0 Å². The molecule has 0 saturated carbocycles. The molecule has 0 spiro atoms. The smallest absolute Gasteiger partial charge is 0.242 e. The second kappa shape index (κ2) is 5.99. The zero-order chi connectivity index (χ0) is 12.0. The summed E-state index contributed by atoms with van der Waals surface area (Å²) in [4.78, 5) is 21.9. The highest BCUT2D eigenvalue weighted by molar-refractivity contribution is 5.76. The highest BCUT2D eigenvalue weighted by Crippen LogP contribution is 1.95. The molecule has 0 fully saturated rings. The lowest BCUT2D eigenvalue weighted by atomic mass is 10.2. The minimum atomic E-state index is -0.122. The Bertz CT molecular complexity index is 361. The fraction of sp³-hybridized carbons (Fsp3) is 0.600. The van der Waals surface area contributed by atoms with Gasteiger partial charge < -0.3 is 5.32 Å². The van der Waals surface area contributed by atoms with Gasteiger partial charge in [0.1, 0.15) is 12.2 Å². The maximum Gasteiger partial charge on any atom is 0.242 e. The van der Waals surface area contributed by atoms with Crippen LogP contribution in [-0.2, 0) is 11.3 Å². The van der Waals surface area contributed by atoms with E-state index < -0.39 is 0 Å². The van der Waals surface area contributed by atoms with Crippen molar-refractivity contribution in [2.45, 2.75) is 39.3 Å². The van der Waals surface area contributed by atoms with Crippen molar-refractivity contribution < 1.29 is 9.59 Å². The Kier molecular flexibility index (Phi) is 4.63. The number of aromatic nitrogens is 3. The normalized spacial score (nSPS) is 12.1. The fourth-order valence-electron chi connectivity index (χ4n) is 1.42. The van der Waals surface area contributed by atoms with Gasteiger partial charge in [0.05, 0.1) is 6.20 Å². The van der Waals surface area contributed by atoms with Crippen LogP contribution in [0.2, 0.25) is 0 Å². The van der Waals surface area contributed by atoms with Crippen LogP contribution >= 0.6 is 0 Å². The Balaban J connectivity index is 2.42. The second-order valence-electron chi connectivity index (χ2n) is 3.72. The number of rotatable bonds is 6. The molecule has 6 nitrogen and oxygen atoms in total. The van der Waals surface area contributed by atoms with Crippen LogP contribution in [0.25, 0.3) is 0 Å². The van der Waals surface area contributed by atoms with Crippen LogP contribution in [0.3, 0.4) is 0 Å². The molecule has 0 bridgehead atoms. The van der Waals surface area contributed by atoms with E-state index in [2.05, 4.69) is 22.6 Å². The van der Waals surface area contributed by atoms with Crippen LogP contribution in [0.4, 0.5) is 0 Å². The molecule has 0 radical (unpaired) electrons. The zero-order valence-electron chi connectivity index (χ0n) is 9.51. The van der Waals surface area contributed by atoms with E-state index in [9.17, 15) is 9.59 Å². The summed E-state index contributed by atoms with van der Waals surface area (Å²) in [6.45, 7) is 4.12. The van der Waals surface area contributed by atoms with Gasteiger partial charge in [-0.2, -0.15) is 0 Å². The average molecular weight is 224 g/mol. The van der Waals surface area contributed by atoms with Gasteiger partial charge in [0.25, 0.3) is 0 Å². The van der Waals surface area contributed by atoms with Gasteiger partial charge in [0, 0.05) is 6.04 Å². The van der Waals surface area contributed by atoms with E-state index in [0.717, 1.165) is 12.8 Å². The molecule has 1 aromatic heterocycles. The highest BCUT2D eigenvalue weighted by atomic mass is 16.2. The van der Waals surface area contributed by atoms with E-state index in [0.29, 0.717) is 6.29 Å². The molecule has 1 atom stereocenters. The van der Waals surface area contributed by atoms with E-state index in [1.165, 1.54) is 10.9 Å². The summed E-state index contributed by atoms with van der Waals surface area (Å²) < 4.78 is 1.34. The lowest BCUT2D eigenvalue weighted by molar-refractivity contribution is -0.122. The summed E-state index contributed by atoms with van der Waals surface area (Å²) in [6.07, 6.45) is 4.01. The molecule has 1 rings (SSSR count). The number of aldehydes is 1. The number of nitrogens with one attached hydrogen (secondary N) is 1. The van der Waals surface area contributed by atoms with Crippen molar-refractivity contribution >= 4 is 12.2 Å². The summed E-state index contributed by atoms with van der Waals surface area (Å²) in [5, 5.41) is 10.1. The van der Waals surface area contributed by atoms with Crippen molar-refractivity contribution in [2.24, 2.45) is 0 Å². The van der Waals surface area contributed by atoms with Crippen LogP contribution in [0.15, 0.2) is 6.20 Å². The van der Waals surface area contributed by atoms with Gasteiger partial charge >= 0.3 is 0 Å². The number of hydrogen-bond acceptors (Lipinski definition) is 4. The fourth-order valence-corrected chi connectivity index (χ4v) is 1.42. The molecular weight excluding hydrogens is 208 g/mol. The molecule has 0 aliphatic heterocycles. The summed E-state index contributed by atoms with van der Waals surface area (Å²) in [6, 6.07) is 0.159. The van der Waals surface area contributed by atoms with Gasteiger partial charge in [-0.25, -0.2) is 4.68 Å². The predicted octanol–water partition coefficient (Wildman–Crippen LogP) is 0.395. The number of hydrogen-bond donors (Lipinski definition) is 1. The largest absolute Gasteiger partial charge is 0.352 e. The Morgan fingerprint density at radius 2 is 2.44 bits per heavy atom. The number of carbonyl (C=O) groups excluding carboxylic acids is 2. The van der Waals surface area contributed by atoms with Crippen LogP contribution in [0.1, 0.15) is 37.2 Å². The van der Waals surface area contributed by atoms with Gasteiger partial charge in [-0.3, -0.25) is 9.59 Å². The molecule has 0 aromatic carbocycles. The van der Waals surface area contributed by atoms with Gasteiger partial charge in [-0.1, -0.05) is 18.6 Å². The monoisotopic (exact) mass is 224 g/mol. The maximum absolute atomic E-state index is 11.5. The quantitative estimate of drug-likeness (QED) is 0.709. The van der Waals surface area contributed by atoms with Crippen molar-refractivity contribution in [3.05, 3.63) is 11.9 Å². The first-order chi connectivity index (χ1) is 7.65. The third-order valence-electron chi connectivity index (χ3n) is 2.11. The topological polar surface area (TPSA) is 76.9 Å². The summed E-state index contributed by atoms with van der Waals surface area (Å²) in [5.74, 6) is -0.122. The van der Waals surface area contributed by atoms with Gasteiger partial charge in [-0.15, -0.1) is 5.10 Å². The lowest BCUT2D eigenvalue weighted by Crippen LogP contribution is -2.35. The summed E-state index contributed by atoms with van der Waals surface area (Å²) >= 11 is 0.